The van der Waals surface area contributed by atoms with Crippen LogP contribution in [0.5, 0.6) is 0 Å². The Kier molecular flexibility index (Phi) is 4.09. The Morgan fingerprint density at radius 3 is 2.33 bits per heavy atom. The van der Waals surface area contributed by atoms with Crippen molar-refractivity contribution in [1.82, 2.24) is 0 Å². The molecule has 1 aromatic rings. The van der Waals surface area contributed by atoms with Gasteiger partial charge in [-0.15, -0.1) is 0 Å². The van der Waals surface area contributed by atoms with Crippen molar-refractivity contribution in [2.75, 3.05) is 5.75 Å². The van der Waals surface area contributed by atoms with Gasteiger partial charge in [0.2, 0.25) is 0 Å². The van der Waals surface area contributed by atoms with Crippen molar-refractivity contribution in [3.8, 4) is 0 Å². The number of hydrogen-bond acceptors (Lipinski definition) is 2. The standard InChI is InChI=1S/C12H16O2S/c1-3-4-5-10-15(13,14)12-8-6-11(2)7-9-12/h3-4,6-9H,5,10H2,1-2H3/b4-3-. The zero-order valence-electron chi connectivity index (χ0n) is 9.10. The zero-order chi connectivity index (χ0) is 11.3. The highest BCUT2D eigenvalue weighted by atomic mass is 32.2. The van der Waals surface area contributed by atoms with Crippen LogP contribution >= 0.6 is 0 Å². The first-order chi connectivity index (χ1) is 7.06. The normalized spacial score (nSPS) is 12.1. The molecule has 0 aliphatic rings. The van der Waals surface area contributed by atoms with Gasteiger partial charge in [0.25, 0.3) is 0 Å². The molecule has 0 atom stereocenters. The second kappa shape index (κ2) is 5.12. The van der Waals surface area contributed by atoms with E-state index in [2.05, 4.69) is 0 Å². The van der Waals surface area contributed by atoms with Crippen LogP contribution in [0.4, 0.5) is 0 Å². The van der Waals surface area contributed by atoms with Crippen LogP contribution in [0.15, 0.2) is 41.3 Å². The summed E-state index contributed by atoms with van der Waals surface area (Å²) in [6.07, 6.45) is 4.31. The molecule has 2 nitrogen and oxygen atoms in total. The van der Waals surface area contributed by atoms with Crippen molar-refractivity contribution in [2.45, 2.75) is 25.2 Å². The molecule has 0 N–H and O–H groups in total. The van der Waals surface area contributed by atoms with E-state index in [1.807, 2.05) is 38.1 Å². The van der Waals surface area contributed by atoms with Crippen LogP contribution in [0.3, 0.4) is 0 Å². The Morgan fingerprint density at radius 2 is 1.80 bits per heavy atom. The molecule has 0 radical (unpaired) electrons. The number of benzene rings is 1. The highest BCUT2D eigenvalue weighted by Gasteiger charge is 2.12. The van der Waals surface area contributed by atoms with E-state index in [9.17, 15) is 8.42 Å². The van der Waals surface area contributed by atoms with Gasteiger partial charge in [0.1, 0.15) is 0 Å². The predicted octanol–water partition coefficient (Wildman–Crippen LogP) is 2.73. The minimum Gasteiger partial charge on any atom is -0.224 e. The number of rotatable bonds is 4. The third kappa shape index (κ3) is 3.51. The lowest BCUT2D eigenvalue weighted by Crippen LogP contribution is -2.05. The molecule has 0 heterocycles. The van der Waals surface area contributed by atoms with Crippen molar-refractivity contribution in [3.05, 3.63) is 42.0 Å². The molecule has 0 amide bonds. The Bertz CT molecular complexity index is 427. The fraction of sp³-hybridized carbons (Fsp3) is 0.333. The van der Waals surface area contributed by atoms with Crippen LogP contribution in [-0.2, 0) is 9.84 Å². The molecule has 0 aromatic heterocycles. The number of sulfone groups is 1. The van der Waals surface area contributed by atoms with Crippen molar-refractivity contribution in [3.63, 3.8) is 0 Å². The van der Waals surface area contributed by atoms with Crippen molar-refractivity contribution in [1.29, 1.82) is 0 Å². The van der Waals surface area contributed by atoms with E-state index in [1.165, 1.54) is 0 Å². The van der Waals surface area contributed by atoms with Crippen LogP contribution in [0, 0.1) is 6.92 Å². The minimum atomic E-state index is -3.10. The van der Waals surface area contributed by atoms with Crippen LogP contribution in [0.25, 0.3) is 0 Å². The van der Waals surface area contributed by atoms with Gasteiger partial charge in [-0.2, -0.15) is 0 Å². The SMILES string of the molecule is C/C=C\CCS(=O)(=O)c1ccc(C)cc1. The molecule has 0 spiro atoms. The largest absolute Gasteiger partial charge is 0.224 e. The first kappa shape index (κ1) is 12.0. The summed E-state index contributed by atoms with van der Waals surface area (Å²) in [5, 5.41) is 0. The van der Waals surface area contributed by atoms with Crippen molar-refractivity contribution < 1.29 is 8.42 Å². The molecule has 0 saturated carbocycles. The third-order valence-electron chi connectivity index (χ3n) is 2.17. The second-order valence-corrected chi connectivity index (χ2v) is 5.60. The summed E-state index contributed by atoms with van der Waals surface area (Å²) in [5.41, 5.74) is 1.07. The van der Waals surface area contributed by atoms with Gasteiger partial charge in [-0.1, -0.05) is 29.8 Å². The van der Waals surface area contributed by atoms with Crippen LogP contribution in [0.1, 0.15) is 18.9 Å². The number of hydrogen-bond donors (Lipinski definition) is 0. The predicted molar refractivity (Wildman–Crippen MR) is 62.7 cm³/mol. The summed E-state index contributed by atoms with van der Waals surface area (Å²) in [7, 11) is -3.10. The molecule has 0 aliphatic carbocycles. The molecular formula is C12H16O2S. The summed E-state index contributed by atoms with van der Waals surface area (Å²) >= 11 is 0. The van der Waals surface area contributed by atoms with Crippen molar-refractivity contribution >= 4 is 9.84 Å². The molecule has 0 aliphatic heterocycles. The van der Waals surface area contributed by atoms with E-state index in [-0.39, 0.29) is 5.75 Å². The summed E-state index contributed by atoms with van der Waals surface area (Å²) in [4.78, 5) is 0.414. The maximum absolute atomic E-state index is 11.8. The smallest absolute Gasteiger partial charge is 0.178 e. The lowest BCUT2D eigenvalue weighted by Gasteiger charge is -2.02. The zero-order valence-corrected chi connectivity index (χ0v) is 9.92. The highest BCUT2D eigenvalue weighted by Crippen LogP contribution is 2.13. The molecule has 82 valence electrons. The topological polar surface area (TPSA) is 34.1 Å². The van der Waals surface area contributed by atoms with Crippen molar-refractivity contribution in [2.24, 2.45) is 0 Å². The molecule has 1 aromatic carbocycles. The molecule has 15 heavy (non-hydrogen) atoms. The van der Waals surface area contributed by atoms with E-state index in [1.54, 1.807) is 12.1 Å². The first-order valence-corrected chi connectivity index (χ1v) is 6.62. The van der Waals surface area contributed by atoms with E-state index in [0.29, 0.717) is 11.3 Å². The average molecular weight is 224 g/mol. The van der Waals surface area contributed by atoms with Gasteiger partial charge in [-0.25, -0.2) is 8.42 Å². The number of allylic oxidation sites excluding steroid dienone is 2. The summed E-state index contributed by atoms with van der Waals surface area (Å²) < 4.78 is 23.6. The minimum absolute atomic E-state index is 0.181. The molecule has 0 bridgehead atoms. The summed E-state index contributed by atoms with van der Waals surface area (Å²) in [5.74, 6) is 0.181. The fourth-order valence-electron chi connectivity index (χ4n) is 1.25. The van der Waals surface area contributed by atoms with E-state index < -0.39 is 9.84 Å². The highest BCUT2D eigenvalue weighted by molar-refractivity contribution is 7.91. The van der Waals surface area contributed by atoms with Gasteiger partial charge in [0.15, 0.2) is 9.84 Å². The van der Waals surface area contributed by atoms with Gasteiger partial charge >= 0.3 is 0 Å². The first-order valence-electron chi connectivity index (χ1n) is 4.97. The molecule has 1 rings (SSSR count). The molecule has 3 heteroatoms. The van der Waals surface area contributed by atoms with Gasteiger partial charge < -0.3 is 0 Å². The van der Waals surface area contributed by atoms with Gasteiger partial charge in [-0.3, -0.25) is 0 Å². The third-order valence-corrected chi connectivity index (χ3v) is 3.93. The van der Waals surface area contributed by atoms with Crippen LogP contribution < -0.4 is 0 Å². The van der Waals surface area contributed by atoms with E-state index >= 15 is 0 Å². The Hall–Kier alpha value is -1.09. The number of aryl methyl sites for hydroxylation is 1. The molecule has 0 unspecified atom stereocenters. The van der Waals surface area contributed by atoms with Crippen LogP contribution in [0.2, 0.25) is 0 Å². The van der Waals surface area contributed by atoms with E-state index in [4.69, 9.17) is 0 Å². The molecular weight excluding hydrogens is 208 g/mol. The van der Waals surface area contributed by atoms with Crippen LogP contribution in [-0.4, -0.2) is 14.2 Å². The Labute approximate surface area is 91.6 Å². The maximum atomic E-state index is 11.8. The van der Waals surface area contributed by atoms with E-state index in [0.717, 1.165) is 5.56 Å². The van der Waals surface area contributed by atoms with Gasteiger partial charge in [-0.05, 0) is 32.4 Å². The summed E-state index contributed by atoms with van der Waals surface area (Å²) in [6.45, 7) is 3.83. The Balaban J connectivity index is 2.82. The quantitative estimate of drug-likeness (QED) is 0.737. The molecule has 0 fully saturated rings. The maximum Gasteiger partial charge on any atom is 0.178 e. The average Bonchev–Trinajstić information content (AvgIpc) is 2.18. The lowest BCUT2D eigenvalue weighted by molar-refractivity contribution is 0.595. The monoisotopic (exact) mass is 224 g/mol. The van der Waals surface area contributed by atoms with Gasteiger partial charge in [0, 0.05) is 0 Å². The molecule has 0 saturated heterocycles. The Morgan fingerprint density at radius 1 is 1.20 bits per heavy atom. The second-order valence-electron chi connectivity index (χ2n) is 3.49. The fourth-order valence-corrected chi connectivity index (χ4v) is 2.49. The summed E-state index contributed by atoms with van der Waals surface area (Å²) in [6, 6.07) is 6.98. The van der Waals surface area contributed by atoms with Gasteiger partial charge in [0.05, 0.1) is 10.6 Å². The lowest BCUT2D eigenvalue weighted by atomic mass is 10.2.